The Morgan fingerprint density at radius 3 is 3.06 bits per heavy atom. The van der Waals surface area contributed by atoms with Crippen molar-refractivity contribution in [3.63, 3.8) is 0 Å². The molecule has 1 amide bonds. The number of carbonyl (C=O) groups excluding carboxylic acids is 1. The minimum absolute atomic E-state index is 0.223. The summed E-state index contributed by atoms with van der Waals surface area (Å²) in [5, 5.41) is 13.0. The van der Waals surface area contributed by atoms with E-state index in [1.54, 1.807) is 0 Å². The van der Waals surface area contributed by atoms with Crippen molar-refractivity contribution in [2.45, 2.75) is 50.7 Å². The largest absolute Gasteiger partial charge is 0.388 e. The van der Waals surface area contributed by atoms with Crippen molar-refractivity contribution >= 4 is 5.91 Å². The maximum Gasteiger partial charge on any atom is 0.238 e. The van der Waals surface area contributed by atoms with E-state index in [4.69, 9.17) is 12.2 Å². The van der Waals surface area contributed by atoms with Crippen molar-refractivity contribution in [2.24, 2.45) is 11.7 Å². The van der Waals surface area contributed by atoms with Gasteiger partial charge in [-0.25, -0.2) is 0 Å². The summed E-state index contributed by atoms with van der Waals surface area (Å²) in [7, 11) is 0. The van der Waals surface area contributed by atoms with Gasteiger partial charge in [0, 0.05) is 13.0 Å². The molecule has 4 nitrogen and oxygen atoms in total. The molecule has 1 aliphatic rings. The number of carbonyl (C=O) groups is 1. The van der Waals surface area contributed by atoms with E-state index in [1.807, 2.05) is 0 Å². The van der Waals surface area contributed by atoms with Crippen LogP contribution in [0.15, 0.2) is 0 Å². The average molecular weight is 238 g/mol. The Kier molecular flexibility index (Phi) is 4.98. The van der Waals surface area contributed by atoms with Crippen LogP contribution in [-0.4, -0.2) is 29.2 Å². The smallest absolute Gasteiger partial charge is 0.238 e. The molecule has 0 saturated heterocycles. The highest BCUT2D eigenvalue weighted by molar-refractivity contribution is 5.81. The second-order valence-corrected chi connectivity index (χ2v) is 5.16. The number of aliphatic hydroxyl groups is 1. The van der Waals surface area contributed by atoms with Gasteiger partial charge in [0.1, 0.15) is 0 Å². The third-order valence-electron chi connectivity index (χ3n) is 3.33. The van der Waals surface area contributed by atoms with E-state index < -0.39 is 11.6 Å². The van der Waals surface area contributed by atoms with Crippen LogP contribution in [0.5, 0.6) is 0 Å². The Balaban J connectivity index is 2.39. The summed E-state index contributed by atoms with van der Waals surface area (Å²) in [6, 6.07) is -0.676. The van der Waals surface area contributed by atoms with E-state index in [2.05, 4.69) is 18.2 Å². The first-order chi connectivity index (χ1) is 7.97. The van der Waals surface area contributed by atoms with Gasteiger partial charge in [0.2, 0.25) is 5.91 Å². The molecule has 0 bridgehead atoms. The maximum atomic E-state index is 11.6. The first-order valence-electron chi connectivity index (χ1n) is 6.16. The average Bonchev–Trinajstić information content (AvgIpc) is 2.26. The van der Waals surface area contributed by atoms with Gasteiger partial charge in [-0.2, -0.15) is 0 Å². The van der Waals surface area contributed by atoms with Crippen molar-refractivity contribution in [3.05, 3.63) is 0 Å². The number of amides is 1. The Morgan fingerprint density at radius 2 is 2.47 bits per heavy atom. The SMILES string of the molecule is C#CCC(N)C(=O)NCC1(O)CCCC(C)C1. The molecule has 3 atom stereocenters. The lowest BCUT2D eigenvalue weighted by molar-refractivity contribution is -0.124. The minimum atomic E-state index is -0.775. The molecule has 0 spiro atoms. The van der Waals surface area contributed by atoms with E-state index in [0.717, 1.165) is 25.7 Å². The number of rotatable bonds is 4. The molecule has 4 heteroatoms. The first-order valence-corrected chi connectivity index (χ1v) is 6.16. The molecule has 0 aromatic heterocycles. The molecule has 1 fully saturated rings. The third kappa shape index (κ3) is 4.37. The van der Waals surface area contributed by atoms with Crippen LogP contribution in [0, 0.1) is 18.3 Å². The van der Waals surface area contributed by atoms with E-state index >= 15 is 0 Å². The van der Waals surface area contributed by atoms with Gasteiger partial charge >= 0.3 is 0 Å². The second kappa shape index (κ2) is 6.04. The van der Waals surface area contributed by atoms with Gasteiger partial charge in [-0.05, 0) is 18.8 Å². The van der Waals surface area contributed by atoms with Crippen molar-refractivity contribution < 1.29 is 9.90 Å². The molecule has 0 heterocycles. The number of terminal acetylenes is 1. The Bertz CT molecular complexity index is 311. The van der Waals surface area contributed by atoms with Gasteiger partial charge in [-0.15, -0.1) is 12.3 Å². The molecule has 3 unspecified atom stereocenters. The zero-order chi connectivity index (χ0) is 12.9. The van der Waals surface area contributed by atoms with Crippen molar-refractivity contribution in [1.29, 1.82) is 0 Å². The predicted octanol–water partition coefficient (Wildman–Crippen LogP) is 0.394. The van der Waals surface area contributed by atoms with Crippen LogP contribution < -0.4 is 11.1 Å². The topological polar surface area (TPSA) is 75.4 Å². The zero-order valence-corrected chi connectivity index (χ0v) is 10.4. The van der Waals surface area contributed by atoms with Crippen LogP contribution in [0.1, 0.15) is 39.0 Å². The fraction of sp³-hybridized carbons (Fsp3) is 0.769. The fourth-order valence-corrected chi connectivity index (χ4v) is 2.40. The summed E-state index contributed by atoms with van der Waals surface area (Å²) in [5.74, 6) is 2.58. The Morgan fingerprint density at radius 1 is 1.76 bits per heavy atom. The lowest BCUT2D eigenvalue weighted by Gasteiger charge is -2.35. The van der Waals surface area contributed by atoms with Crippen molar-refractivity contribution in [1.82, 2.24) is 5.32 Å². The summed E-state index contributed by atoms with van der Waals surface area (Å²) >= 11 is 0. The molecule has 0 aromatic carbocycles. The lowest BCUT2D eigenvalue weighted by Crippen LogP contribution is -2.49. The van der Waals surface area contributed by atoms with Gasteiger partial charge < -0.3 is 16.2 Å². The second-order valence-electron chi connectivity index (χ2n) is 5.16. The summed E-state index contributed by atoms with van der Waals surface area (Å²) in [4.78, 5) is 11.6. The predicted molar refractivity (Wildman–Crippen MR) is 67.0 cm³/mol. The van der Waals surface area contributed by atoms with E-state index in [1.165, 1.54) is 0 Å². The molecule has 1 aliphatic carbocycles. The van der Waals surface area contributed by atoms with Crippen LogP contribution in [0.3, 0.4) is 0 Å². The molecule has 0 radical (unpaired) electrons. The summed E-state index contributed by atoms with van der Waals surface area (Å²) in [5.41, 5.74) is 4.80. The molecule has 1 rings (SSSR count). The molecule has 0 aromatic rings. The van der Waals surface area contributed by atoms with Gasteiger partial charge in [-0.3, -0.25) is 4.79 Å². The maximum absolute atomic E-state index is 11.6. The highest BCUT2D eigenvalue weighted by Gasteiger charge is 2.33. The first kappa shape index (κ1) is 14.0. The molecule has 17 heavy (non-hydrogen) atoms. The molecule has 4 N–H and O–H groups in total. The fourth-order valence-electron chi connectivity index (χ4n) is 2.40. The minimum Gasteiger partial charge on any atom is -0.388 e. The molecular formula is C13H22N2O2. The Hall–Kier alpha value is -1.05. The number of nitrogens with one attached hydrogen (secondary N) is 1. The summed E-state index contributed by atoms with van der Waals surface area (Å²) < 4.78 is 0. The monoisotopic (exact) mass is 238 g/mol. The Labute approximate surface area is 103 Å². The van der Waals surface area contributed by atoms with Crippen molar-refractivity contribution in [2.75, 3.05) is 6.54 Å². The normalized spacial score (nSPS) is 30.4. The van der Waals surface area contributed by atoms with Gasteiger partial charge in [0.25, 0.3) is 0 Å². The number of hydrogen-bond donors (Lipinski definition) is 3. The van der Waals surface area contributed by atoms with E-state index in [-0.39, 0.29) is 18.9 Å². The standard InChI is InChI=1S/C13H22N2O2/c1-3-5-11(14)12(16)15-9-13(17)7-4-6-10(2)8-13/h1,10-11,17H,4-9,14H2,2H3,(H,15,16). The van der Waals surface area contributed by atoms with Crippen LogP contribution >= 0.6 is 0 Å². The van der Waals surface area contributed by atoms with Crippen molar-refractivity contribution in [3.8, 4) is 12.3 Å². The van der Waals surface area contributed by atoms with Crippen LogP contribution in [0.4, 0.5) is 0 Å². The van der Waals surface area contributed by atoms with Gasteiger partial charge in [0.15, 0.2) is 0 Å². The zero-order valence-electron chi connectivity index (χ0n) is 10.4. The van der Waals surface area contributed by atoms with Crippen LogP contribution in [0.25, 0.3) is 0 Å². The van der Waals surface area contributed by atoms with Gasteiger partial charge in [0.05, 0.1) is 11.6 Å². The van der Waals surface area contributed by atoms with Crippen LogP contribution in [0.2, 0.25) is 0 Å². The lowest BCUT2D eigenvalue weighted by atomic mass is 9.79. The molecule has 96 valence electrons. The summed E-state index contributed by atoms with van der Waals surface area (Å²) in [6.45, 7) is 2.39. The highest BCUT2D eigenvalue weighted by Crippen LogP contribution is 2.31. The molecule has 1 saturated carbocycles. The molecule has 0 aliphatic heterocycles. The summed E-state index contributed by atoms with van der Waals surface area (Å²) in [6.07, 6.45) is 8.94. The third-order valence-corrected chi connectivity index (χ3v) is 3.33. The molecular weight excluding hydrogens is 216 g/mol. The van der Waals surface area contributed by atoms with E-state index in [9.17, 15) is 9.90 Å². The van der Waals surface area contributed by atoms with E-state index in [0.29, 0.717) is 5.92 Å². The number of nitrogens with two attached hydrogens (primary N) is 1. The highest BCUT2D eigenvalue weighted by atomic mass is 16.3. The number of hydrogen-bond acceptors (Lipinski definition) is 3. The van der Waals surface area contributed by atoms with Crippen LogP contribution in [-0.2, 0) is 4.79 Å². The van der Waals surface area contributed by atoms with Gasteiger partial charge in [-0.1, -0.05) is 19.8 Å². The quantitative estimate of drug-likeness (QED) is 0.620.